The molecule has 1 aromatic heterocycles. The Hall–Kier alpha value is -2.41. The van der Waals surface area contributed by atoms with Crippen molar-refractivity contribution in [1.29, 1.82) is 0 Å². The zero-order valence-electron chi connectivity index (χ0n) is 16.0. The lowest BCUT2D eigenvalue weighted by atomic mass is 10.1. The zero-order valence-corrected chi connectivity index (χ0v) is 16.0. The van der Waals surface area contributed by atoms with Crippen LogP contribution in [0.1, 0.15) is 47.8 Å². The standard InChI is InChI=1S/C20H28N6O/c1-24(14-16-6-2-3-7-19(16)25-12-4-5-13-25)20(27)18-15-26(23-22-18)17-8-10-21-11-9-17/h2-3,6-7,15,17,21H,4-5,8-14H2,1H3. The number of rotatable bonds is 5. The van der Waals surface area contributed by atoms with Gasteiger partial charge < -0.3 is 15.1 Å². The minimum absolute atomic E-state index is 0.0774. The van der Waals surface area contributed by atoms with Crippen molar-refractivity contribution in [2.75, 3.05) is 38.1 Å². The van der Waals surface area contributed by atoms with Crippen molar-refractivity contribution >= 4 is 11.6 Å². The molecule has 0 bridgehead atoms. The van der Waals surface area contributed by atoms with E-state index in [1.807, 2.05) is 17.8 Å². The molecule has 3 heterocycles. The molecule has 0 spiro atoms. The SMILES string of the molecule is CN(Cc1ccccc1N1CCCC1)C(=O)c1cn(C2CCNCC2)nn1. The molecular formula is C20H28N6O. The number of carbonyl (C=O) groups is 1. The highest BCUT2D eigenvalue weighted by molar-refractivity contribution is 5.91. The van der Waals surface area contributed by atoms with Crippen LogP contribution in [0.15, 0.2) is 30.5 Å². The normalized spacial score (nSPS) is 18.0. The molecule has 2 aromatic rings. The molecule has 7 heteroatoms. The molecule has 2 aliphatic rings. The summed E-state index contributed by atoms with van der Waals surface area (Å²) in [6, 6.07) is 8.72. The monoisotopic (exact) mass is 368 g/mol. The predicted octanol–water partition coefficient (Wildman–Crippen LogP) is 2.07. The number of nitrogens with one attached hydrogen (secondary N) is 1. The lowest BCUT2D eigenvalue weighted by molar-refractivity contribution is 0.0779. The molecule has 1 N–H and O–H groups in total. The van der Waals surface area contributed by atoms with Gasteiger partial charge in [-0.15, -0.1) is 5.10 Å². The molecule has 1 amide bonds. The van der Waals surface area contributed by atoms with E-state index in [4.69, 9.17) is 0 Å². The molecule has 0 aliphatic carbocycles. The molecular weight excluding hydrogens is 340 g/mol. The van der Waals surface area contributed by atoms with E-state index in [-0.39, 0.29) is 5.91 Å². The summed E-state index contributed by atoms with van der Waals surface area (Å²) >= 11 is 0. The Morgan fingerprint density at radius 3 is 2.74 bits per heavy atom. The van der Waals surface area contributed by atoms with Crippen LogP contribution in [0.2, 0.25) is 0 Å². The van der Waals surface area contributed by atoms with E-state index in [0.717, 1.165) is 39.0 Å². The van der Waals surface area contributed by atoms with Gasteiger partial charge in [0.1, 0.15) is 0 Å². The number of aromatic nitrogens is 3. The third-order valence-electron chi connectivity index (χ3n) is 5.60. The fourth-order valence-corrected chi connectivity index (χ4v) is 4.06. The number of nitrogens with zero attached hydrogens (tertiary/aromatic N) is 5. The number of benzene rings is 1. The van der Waals surface area contributed by atoms with Gasteiger partial charge in [0.2, 0.25) is 0 Å². The molecule has 7 nitrogen and oxygen atoms in total. The quantitative estimate of drug-likeness (QED) is 0.875. The van der Waals surface area contributed by atoms with Crippen LogP contribution in [0.25, 0.3) is 0 Å². The van der Waals surface area contributed by atoms with E-state index in [1.165, 1.54) is 24.1 Å². The fourth-order valence-electron chi connectivity index (χ4n) is 4.06. The first-order valence-corrected chi connectivity index (χ1v) is 9.93. The van der Waals surface area contributed by atoms with Crippen molar-refractivity contribution in [2.45, 2.75) is 38.3 Å². The van der Waals surface area contributed by atoms with E-state index in [2.05, 4.69) is 38.7 Å². The average Bonchev–Trinajstić information content (AvgIpc) is 3.41. The van der Waals surface area contributed by atoms with Crippen LogP contribution in [0.3, 0.4) is 0 Å². The molecule has 1 aromatic carbocycles. The van der Waals surface area contributed by atoms with E-state index in [1.54, 1.807) is 11.1 Å². The maximum absolute atomic E-state index is 12.9. The van der Waals surface area contributed by atoms with Gasteiger partial charge in [-0.1, -0.05) is 23.4 Å². The van der Waals surface area contributed by atoms with Gasteiger partial charge in [-0.2, -0.15) is 0 Å². The van der Waals surface area contributed by atoms with E-state index < -0.39 is 0 Å². The van der Waals surface area contributed by atoms with Gasteiger partial charge in [0.25, 0.3) is 5.91 Å². The Labute approximate surface area is 160 Å². The second-order valence-electron chi connectivity index (χ2n) is 7.55. The Kier molecular flexibility index (Phi) is 5.38. The molecule has 2 fully saturated rings. The molecule has 144 valence electrons. The molecule has 0 radical (unpaired) electrons. The Bertz CT molecular complexity index is 776. The number of hydrogen-bond acceptors (Lipinski definition) is 5. The first-order chi connectivity index (χ1) is 13.2. The highest BCUT2D eigenvalue weighted by atomic mass is 16.2. The van der Waals surface area contributed by atoms with Crippen molar-refractivity contribution in [1.82, 2.24) is 25.2 Å². The average molecular weight is 368 g/mol. The largest absolute Gasteiger partial charge is 0.371 e. The zero-order chi connectivity index (χ0) is 18.6. The Morgan fingerprint density at radius 1 is 1.22 bits per heavy atom. The van der Waals surface area contributed by atoms with Crippen molar-refractivity contribution in [2.24, 2.45) is 0 Å². The first-order valence-electron chi connectivity index (χ1n) is 9.93. The summed E-state index contributed by atoms with van der Waals surface area (Å²) in [6.07, 6.45) is 6.33. The van der Waals surface area contributed by atoms with Gasteiger partial charge in [-0.05, 0) is 50.4 Å². The highest BCUT2D eigenvalue weighted by Crippen LogP contribution is 2.25. The smallest absolute Gasteiger partial charge is 0.276 e. The van der Waals surface area contributed by atoms with Gasteiger partial charge in [-0.25, -0.2) is 4.68 Å². The summed E-state index contributed by atoms with van der Waals surface area (Å²) in [5.41, 5.74) is 2.85. The summed E-state index contributed by atoms with van der Waals surface area (Å²) < 4.78 is 1.86. The van der Waals surface area contributed by atoms with E-state index in [0.29, 0.717) is 18.3 Å². The Balaban J connectivity index is 1.45. The third kappa shape index (κ3) is 3.98. The summed E-state index contributed by atoms with van der Waals surface area (Å²) in [5.74, 6) is -0.0774. The summed E-state index contributed by atoms with van der Waals surface area (Å²) in [4.78, 5) is 17.0. The lowest BCUT2D eigenvalue weighted by Gasteiger charge is -2.24. The topological polar surface area (TPSA) is 66.3 Å². The number of hydrogen-bond donors (Lipinski definition) is 1. The second-order valence-corrected chi connectivity index (χ2v) is 7.55. The number of anilines is 1. The molecule has 2 aliphatic heterocycles. The van der Waals surface area contributed by atoms with Gasteiger partial charge in [0.05, 0.1) is 12.2 Å². The van der Waals surface area contributed by atoms with Crippen LogP contribution in [-0.4, -0.2) is 59.0 Å². The van der Waals surface area contributed by atoms with Crippen LogP contribution in [0, 0.1) is 0 Å². The number of amides is 1. The van der Waals surface area contributed by atoms with Crippen LogP contribution < -0.4 is 10.2 Å². The second kappa shape index (κ2) is 8.08. The van der Waals surface area contributed by atoms with Gasteiger partial charge in [0, 0.05) is 32.4 Å². The summed E-state index contributed by atoms with van der Waals surface area (Å²) in [5, 5.41) is 11.7. The van der Waals surface area contributed by atoms with E-state index >= 15 is 0 Å². The van der Waals surface area contributed by atoms with Gasteiger partial charge in [-0.3, -0.25) is 4.79 Å². The van der Waals surface area contributed by atoms with Crippen molar-refractivity contribution < 1.29 is 4.79 Å². The lowest BCUT2D eigenvalue weighted by Crippen LogP contribution is -2.30. The van der Waals surface area contributed by atoms with Gasteiger partial charge in [0.15, 0.2) is 5.69 Å². The minimum atomic E-state index is -0.0774. The maximum Gasteiger partial charge on any atom is 0.276 e. The first kappa shape index (κ1) is 18.0. The van der Waals surface area contributed by atoms with Crippen LogP contribution in [0.5, 0.6) is 0 Å². The molecule has 2 saturated heterocycles. The Morgan fingerprint density at radius 2 is 1.96 bits per heavy atom. The van der Waals surface area contributed by atoms with Crippen molar-refractivity contribution in [3.63, 3.8) is 0 Å². The number of piperidine rings is 1. The molecule has 0 atom stereocenters. The summed E-state index contributed by atoms with van der Waals surface area (Å²) in [7, 11) is 1.84. The van der Waals surface area contributed by atoms with Crippen LogP contribution >= 0.6 is 0 Å². The minimum Gasteiger partial charge on any atom is -0.371 e. The molecule has 0 saturated carbocycles. The molecule has 27 heavy (non-hydrogen) atoms. The molecule has 0 unspecified atom stereocenters. The van der Waals surface area contributed by atoms with Crippen LogP contribution in [-0.2, 0) is 6.54 Å². The third-order valence-corrected chi connectivity index (χ3v) is 5.60. The number of para-hydroxylation sites is 1. The van der Waals surface area contributed by atoms with Crippen molar-refractivity contribution in [3.05, 3.63) is 41.7 Å². The van der Waals surface area contributed by atoms with Gasteiger partial charge >= 0.3 is 0 Å². The highest BCUT2D eigenvalue weighted by Gasteiger charge is 2.22. The maximum atomic E-state index is 12.9. The predicted molar refractivity (Wildman–Crippen MR) is 105 cm³/mol. The molecule has 4 rings (SSSR count). The van der Waals surface area contributed by atoms with Crippen LogP contribution in [0.4, 0.5) is 5.69 Å². The van der Waals surface area contributed by atoms with Crippen molar-refractivity contribution in [3.8, 4) is 0 Å². The summed E-state index contributed by atoms with van der Waals surface area (Å²) in [6.45, 7) is 4.74. The van der Waals surface area contributed by atoms with E-state index in [9.17, 15) is 4.79 Å². The fraction of sp³-hybridized carbons (Fsp3) is 0.550. The number of carbonyl (C=O) groups excluding carboxylic acids is 1.